The van der Waals surface area contributed by atoms with Crippen LogP contribution in [-0.4, -0.2) is 27.7 Å². The molecule has 0 spiro atoms. The number of nitrogens with zero attached hydrogens (tertiary/aromatic N) is 3. The zero-order valence-electron chi connectivity index (χ0n) is 15.6. The van der Waals surface area contributed by atoms with Gasteiger partial charge in [-0.15, -0.1) is 0 Å². The number of non-ortho nitro benzene ring substituents is 1. The molecule has 1 aliphatic rings. The minimum atomic E-state index is -0.460. The Balaban J connectivity index is 1.57. The second kappa shape index (κ2) is 7.96. The molecule has 4 rings (SSSR count). The minimum absolute atomic E-state index is 0.00147. The average Bonchev–Trinajstić information content (AvgIpc) is 3.31. The number of nitro benzene ring substituents is 1. The summed E-state index contributed by atoms with van der Waals surface area (Å²) in [6.07, 6.45) is 0.119. The van der Waals surface area contributed by atoms with Crippen LogP contribution in [0.3, 0.4) is 0 Å². The number of nitrogens with one attached hydrogen (secondary N) is 1. The lowest BCUT2D eigenvalue weighted by Crippen LogP contribution is -2.18. The Morgan fingerprint density at radius 1 is 1.21 bits per heavy atom. The summed E-state index contributed by atoms with van der Waals surface area (Å²) in [6.45, 7) is 0. The van der Waals surface area contributed by atoms with Crippen molar-refractivity contribution in [2.45, 2.75) is 17.9 Å². The van der Waals surface area contributed by atoms with Gasteiger partial charge in [-0.25, -0.2) is 4.68 Å². The van der Waals surface area contributed by atoms with Crippen LogP contribution in [0.25, 0.3) is 5.69 Å². The Bertz CT molecular complexity index is 1060. The van der Waals surface area contributed by atoms with Crippen LogP contribution in [0.5, 0.6) is 5.75 Å². The van der Waals surface area contributed by atoms with Gasteiger partial charge in [0.1, 0.15) is 11.6 Å². The van der Waals surface area contributed by atoms with Gasteiger partial charge in [-0.3, -0.25) is 14.9 Å². The zero-order chi connectivity index (χ0) is 20.4. The molecule has 8 nitrogen and oxygen atoms in total. The van der Waals surface area contributed by atoms with Crippen molar-refractivity contribution in [2.24, 2.45) is 0 Å². The molecule has 1 amide bonds. The number of rotatable bonds is 6. The van der Waals surface area contributed by atoms with Gasteiger partial charge in [-0.2, -0.15) is 16.9 Å². The first-order valence-corrected chi connectivity index (χ1v) is 10.1. The van der Waals surface area contributed by atoms with E-state index in [1.165, 1.54) is 12.1 Å². The Kier molecular flexibility index (Phi) is 5.22. The van der Waals surface area contributed by atoms with Crippen molar-refractivity contribution in [2.75, 3.05) is 12.4 Å². The van der Waals surface area contributed by atoms with Crippen LogP contribution in [0, 0.1) is 10.1 Å². The highest BCUT2D eigenvalue weighted by atomic mass is 32.2. The highest BCUT2D eigenvalue weighted by Crippen LogP contribution is 2.36. The highest BCUT2D eigenvalue weighted by Gasteiger charge is 2.24. The summed E-state index contributed by atoms with van der Waals surface area (Å²) >= 11 is 1.76. The predicted molar refractivity (Wildman–Crippen MR) is 111 cm³/mol. The van der Waals surface area contributed by atoms with E-state index in [2.05, 4.69) is 10.4 Å². The molecule has 0 bridgehead atoms. The lowest BCUT2D eigenvalue weighted by atomic mass is 10.1. The van der Waals surface area contributed by atoms with Crippen molar-refractivity contribution in [3.05, 3.63) is 75.5 Å². The summed E-state index contributed by atoms with van der Waals surface area (Å²) in [5, 5.41) is 18.4. The molecule has 1 aliphatic heterocycles. The van der Waals surface area contributed by atoms with Crippen molar-refractivity contribution >= 4 is 29.2 Å². The van der Waals surface area contributed by atoms with Crippen LogP contribution in [0.1, 0.15) is 16.8 Å². The summed E-state index contributed by atoms with van der Waals surface area (Å²) in [6, 6.07) is 13.5. The molecule has 29 heavy (non-hydrogen) atoms. The highest BCUT2D eigenvalue weighted by molar-refractivity contribution is 7.98. The number of nitro groups is 1. The molecular weight excluding hydrogens is 392 g/mol. The molecule has 0 saturated carbocycles. The average molecular weight is 410 g/mol. The van der Waals surface area contributed by atoms with Gasteiger partial charge in [-0.05, 0) is 29.8 Å². The first-order chi connectivity index (χ1) is 14.0. The second-order valence-corrected chi connectivity index (χ2v) is 7.51. The molecule has 0 atom stereocenters. The molecule has 0 unspecified atom stereocenters. The summed E-state index contributed by atoms with van der Waals surface area (Å²) < 4.78 is 6.95. The Morgan fingerprint density at radius 2 is 1.93 bits per heavy atom. The predicted octanol–water partition coefficient (Wildman–Crippen LogP) is 3.72. The standard InChI is InChI=1S/C20H18N4O4S/c1-28-16-8-6-14(7-9-16)23-20(17-11-29-12-18(17)22-23)21-19(25)10-13-2-4-15(5-3-13)24(26)27/h2-9H,10-12H2,1H3,(H,21,25). The summed E-state index contributed by atoms with van der Waals surface area (Å²) in [5.74, 6) is 2.81. The van der Waals surface area contributed by atoms with Gasteiger partial charge in [0.25, 0.3) is 5.69 Å². The number of amides is 1. The first-order valence-electron chi connectivity index (χ1n) is 8.91. The lowest BCUT2D eigenvalue weighted by Gasteiger charge is -2.11. The van der Waals surface area contributed by atoms with Crippen LogP contribution in [0.2, 0.25) is 0 Å². The van der Waals surface area contributed by atoms with Crippen LogP contribution < -0.4 is 10.1 Å². The number of carbonyl (C=O) groups excluding carboxylic acids is 1. The van der Waals surface area contributed by atoms with Gasteiger partial charge in [0.2, 0.25) is 5.91 Å². The van der Waals surface area contributed by atoms with Crippen LogP contribution >= 0.6 is 11.8 Å². The van der Waals surface area contributed by atoms with Crippen molar-refractivity contribution in [3.8, 4) is 11.4 Å². The number of hydrogen-bond acceptors (Lipinski definition) is 6. The maximum atomic E-state index is 12.7. The topological polar surface area (TPSA) is 99.3 Å². The fourth-order valence-electron chi connectivity index (χ4n) is 3.15. The lowest BCUT2D eigenvalue weighted by molar-refractivity contribution is -0.384. The molecule has 1 aromatic heterocycles. The minimum Gasteiger partial charge on any atom is -0.497 e. The number of thioether (sulfide) groups is 1. The van der Waals surface area contributed by atoms with E-state index in [1.54, 1.807) is 35.7 Å². The van der Waals surface area contributed by atoms with Gasteiger partial charge < -0.3 is 10.1 Å². The van der Waals surface area contributed by atoms with E-state index in [4.69, 9.17) is 4.74 Å². The number of ether oxygens (including phenoxy) is 1. The van der Waals surface area contributed by atoms with E-state index in [1.807, 2.05) is 24.3 Å². The molecule has 2 aromatic carbocycles. The number of fused-ring (bicyclic) bond motifs is 1. The van der Waals surface area contributed by atoms with Crippen LogP contribution in [0.4, 0.5) is 11.5 Å². The van der Waals surface area contributed by atoms with Crippen molar-refractivity contribution in [3.63, 3.8) is 0 Å². The number of hydrogen-bond donors (Lipinski definition) is 1. The van der Waals surface area contributed by atoms with E-state index >= 15 is 0 Å². The smallest absolute Gasteiger partial charge is 0.269 e. The quantitative estimate of drug-likeness (QED) is 0.491. The van der Waals surface area contributed by atoms with Gasteiger partial charge in [0.05, 0.1) is 29.8 Å². The normalized spacial score (nSPS) is 12.4. The maximum absolute atomic E-state index is 12.7. The molecule has 2 heterocycles. The van der Waals surface area contributed by atoms with Crippen molar-refractivity contribution < 1.29 is 14.5 Å². The molecule has 0 saturated heterocycles. The molecule has 0 aliphatic carbocycles. The number of anilines is 1. The van der Waals surface area contributed by atoms with Gasteiger partial charge in [0.15, 0.2) is 0 Å². The van der Waals surface area contributed by atoms with Crippen molar-refractivity contribution in [1.82, 2.24) is 9.78 Å². The molecule has 0 fully saturated rings. The number of aromatic nitrogens is 2. The molecule has 0 radical (unpaired) electrons. The van der Waals surface area contributed by atoms with Gasteiger partial charge >= 0.3 is 0 Å². The van der Waals surface area contributed by atoms with Crippen LogP contribution in [0.15, 0.2) is 48.5 Å². The molecule has 1 N–H and O–H groups in total. The largest absolute Gasteiger partial charge is 0.497 e. The Morgan fingerprint density at radius 3 is 2.59 bits per heavy atom. The molecule has 9 heteroatoms. The fourth-order valence-corrected chi connectivity index (χ4v) is 4.18. The summed E-state index contributed by atoms with van der Waals surface area (Å²) in [4.78, 5) is 23.0. The second-order valence-electron chi connectivity index (χ2n) is 6.52. The number of benzene rings is 2. The summed E-state index contributed by atoms with van der Waals surface area (Å²) in [5.41, 5.74) is 3.53. The fraction of sp³-hybridized carbons (Fsp3) is 0.200. The molecule has 148 valence electrons. The third-order valence-corrected chi connectivity index (χ3v) is 5.61. The zero-order valence-corrected chi connectivity index (χ0v) is 16.4. The third-order valence-electron chi connectivity index (χ3n) is 4.64. The van der Waals surface area contributed by atoms with E-state index in [9.17, 15) is 14.9 Å². The number of carbonyl (C=O) groups is 1. The third kappa shape index (κ3) is 3.95. The monoisotopic (exact) mass is 410 g/mol. The van der Waals surface area contributed by atoms with Gasteiger partial charge in [0, 0.05) is 29.2 Å². The Hall–Kier alpha value is -3.33. The summed E-state index contributed by atoms with van der Waals surface area (Å²) in [7, 11) is 1.61. The van der Waals surface area contributed by atoms with E-state index in [-0.39, 0.29) is 18.0 Å². The first kappa shape index (κ1) is 19.0. The van der Waals surface area contributed by atoms with Gasteiger partial charge in [-0.1, -0.05) is 12.1 Å². The van der Waals surface area contributed by atoms with E-state index in [0.717, 1.165) is 34.2 Å². The van der Waals surface area contributed by atoms with E-state index < -0.39 is 4.92 Å². The maximum Gasteiger partial charge on any atom is 0.269 e. The van der Waals surface area contributed by atoms with E-state index in [0.29, 0.717) is 11.4 Å². The van der Waals surface area contributed by atoms with Crippen LogP contribution in [-0.2, 0) is 22.7 Å². The van der Waals surface area contributed by atoms with Crippen molar-refractivity contribution in [1.29, 1.82) is 0 Å². The Labute approximate surface area is 171 Å². The molecular formula is C20H18N4O4S. The number of methoxy groups -OCH3 is 1. The molecule has 3 aromatic rings. The SMILES string of the molecule is COc1ccc(-n2nc3c(c2NC(=O)Cc2ccc([N+](=O)[O-])cc2)CSC3)cc1.